The van der Waals surface area contributed by atoms with Crippen LogP contribution in [0.15, 0.2) is 24.3 Å². The molecule has 0 amide bonds. The number of hydrogen-bond donors (Lipinski definition) is 0. The molecule has 0 N–H and O–H groups in total. The van der Waals surface area contributed by atoms with Crippen LogP contribution in [0.2, 0.25) is 0 Å². The maximum atomic E-state index is 11.5. The molecule has 2 rings (SSSR count). The van der Waals surface area contributed by atoms with Gasteiger partial charge in [0.2, 0.25) is 0 Å². The molecule has 0 aromatic heterocycles. The van der Waals surface area contributed by atoms with Gasteiger partial charge in [-0.3, -0.25) is 9.80 Å². The van der Waals surface area contributed by atoms with E-state index in [0.29, 0.717) is 17.6 Å². The van der Waals surface area contributed by atoms with E-state index < -0.39 is 0 Å². The smallest absolute Gasteiger partial charge is 0.337 e. The molecule has 1 aromatic carbocycles. The van der Waals surface area contributed by atoms with Crippen molar-refractivity contribution in [2.24, 2.45) is 0 Å². The van der Waals surface area contributed by atoms with Crippen LogP contribution in [0, 0.1) is 0 Å². The van der Waals surface area contributed by atoms with Gasteiger partial charge in [-0.05, 0) is 44.5 Å². The number of rotatable bonds is 5. The van der Waals surface area contributed by atoms with Crippen LogP contribution in [0.5, 0.6) is 0 Å². The van der Waals surface area contributed by atoms with Crippen LogP contribution in [0.4, 0.5) is 0 Å². The number of ether oxygens (including phenoxy) is 1. The first-order valence-electron chi connectivity index (χ1n) is 8.20. The summed E-state index contributed by atoms with van der Waals surface area (Å²) < 4.78 is 4.73. The standard InChI is InChI=1S/C18H28N2O2/c1-5-10-20-14(2)11-19(12-15(20)3)13-16-6-8-17(9-7-16)18(21)22-4/h6-9,14-15H,5,10-13H2,1-4H3/t14-,15+. The monoisotopic (exact) mass is 304 g/mol. The predicted molar refractivity (Wildman–Crippen MR) is 89.0 cm³/mol. The van der Waals surface area contributed by atoms with Crippen molar-refractivity contribution in [3.05, 3.63) is 35.4 Å². The summed E-state index contributed by atoms with van der Waals surface area (Å²) in [5, 5.41) is 0. The minimum Gasteiger partial charge on any atom is -0.465 e. The molecule has 1 heterocycles. The number of esters is 1. The molecule has 22 heavy (non-hydrogen) atoms. The van der Waals surface area contributed by atoms with Crippen molar-refractivity contribution >= 4 is 5.97 Å². The number of nitrogens with zero attached hydrogens (tertiary/aromatic N) is 2. The molecule has 1 aliphatic rings. The van der Waals surface area contributed by atoms with E-state index in [-0.39, 0.29) is 5.97 Å². The van der Waals surface area contributed by atoms with Crippen LogP contribution in [0.3, 0.4) is 0 Å². The first-order valence-corrected chi connectivity index (χ1v) is 8.20. The second-order valence-corrected chi connectivity index (χ2v) is 6.32. The molecular formula is C18H28N2O2. The molecule has 122 valence electrons. The molecular weight excluding hydrogens is 276 g/mol. The molecule has 4 nitrogen and oxygen atoms in total. The number of carbonyl (C=O) groups excluding carboxylic acids is 1. The zero-order chi connectivity index (χ0) is 16.1. The topological polar surface area (TPSA) is 32.8 Å². The number of hydrogen-bond acceptors (Lipinski definition) is 4. The number of carbonyl (C=O) groups is 1. The van der Waals surface area contributed by atoms with Gasteiger partial charge in [-0.1, -0.05) is 19.1 Å². The average molecular weight is 304 g/mol. The molecule has 0 radical (unpaired) electrons. The van der Waals surface area contributed by atoms with Crippen molar-refractivity contribution in [3.8, 4) is 0 Å². The molecule has 2 atom stereocenters. The maximum absolute atomic E-state index is 11.5. The first kappa shape index (κ1) is 17.0. The molecule has 0 unspecified atom stereocenters. The molecule has 0 saturated carbocycles. The van der Waals surface area contributed by atoms with Gasteiger partial charge in [0.1, 0.15) is 0 Å². The largest absolute Gasteiger partial charge is 0.465 e. The van der Waals surface area contributed by atoms with Crippen molar-refractivity contribution in [2.75, 3.05) is 26.7 Å². The lowest BCUT2D eigenvalue weighted by molar-refractivity contribution is 0.0351. The summed E-state index contributed by atoms with van der Waals surface area (Å²) in [6, 6.07) is 8.94. The van der Waals surface area contributed by atoms with Gasteiger partial charge in [0.05, 0.1) is 12.7 Å². The fourth-order valence-corrected chi connectivity index (χ4v) is 3.42. The van der Waals surface area contributed by atoms with Gasteiger partial charge in [-0.2, -0.15) is 0 Å². The predicted octanol–water partition coefficient (Wildman–Crippen LogP) is 2.78. The fraction of sp³-hybridized carbons (Fsp3) is 0.611. The lowest BCUT2D eigenvalue weighted by Crippen LogP contribution is -2.56. The van der Waals surface area contributed by atoms with Crippen molar-refractivity contribution in [3.63, 3.8) is 0 Å². The van der Waals surface area contributed by atoms with Gasteiger partial charge in [-0.15, -0.1) is 0 Å². The highest BCUT2D eigenvalue weighted by Gasteiger charge is 2.28. The fourth-order valence-electron chi connectivity index (χ4n) is 3.42. The molecule has 1 fully saturated rings. The second kappa shape index (κ2) is 7.75. The van der Waals surface area contributed by atoms with Crippen LogP contribution >= 0.6 is 0 Å². The van der Waals surface area contributed by atoms with Crippen molar-refractivity contribution < 1.29 is 9.53 Å². The van der Waals surface area contributed by atoms with E-state index >= 15 is 0 Å². The Balaban J connectivity index is 1.95. The Labute approximate surface area is 134 Å². The lowest BCUT2D eigenvalue weighted by Gasteiger charge is -2.44. The normalized spacial score (nSPS) is 23.5. The van der Waals surface area contributed by atoms with Crippen LogP contribution in [0.1, 0.15) is 43.1 Å². The second-order valence-electron chi connectivity index (χ2n) is 6.32. The van der Waals surface area contributed by atoms with E-state index in [1.165, 1.54) is 25.6 Å². The third-order valence-corrected chi connectivity index (χ3v) is 4.44. The Hall–Kier alpha value is -1.39. The van der Waals surface area contributed by atoms with E-state index in [4.69, 9.17) is 4.74 Å². The summed E-state index contributed by atoms with van der Waals surface area (Å²) >= 11 is 0. The SMILES string of the molecule is CCCN1[C@H](C)CN(Cc2ccc(C(=O)OC)cc2)C[C@@H]1C. The van der Waals surface area contributed by atoms with Crippen LogP contribution in [-0.4, -0.2) is 54.6 Å². The van der Waals surface area contributed by atoms with Gasteiger partial charge in [0.25, 0.3) is 0 Å². The zero-order valence-corrected chi connectivity index (χ0v) is 14.2. The van der Waals surface area contributed by atoms with Gasteiger partial charge in [-0.25, -0.2) is 4.79 Å². The minimum atomic E-state index is -0.276. The van der Waals surface area contributed by atoms with Crippen LogP contribution in [0.25, 0.3) is 0 Å². The van der Waals surface area contributed by atoms with Crippen molar-refractivity contribution in [1.82, 2.24) is 9.80 Å². The molecule has 1 saturated heterocycles. The van der Waals surface area contributed by atoms with E-state index in [2.05, 4.69) is 30.6 Å². The van der Waals surface area contributed by atoms with E-state index in [1.54, 1.807) is 0 Å². The zero-order valence-electron chi connectivity index (χ0n) is 14.2. The molecule has 1 aliphatic heterocycles. The summed E-state index contributed by atoms with van der Waals surface area (Å²) in [7, 11) is 1.41. The summed E-state index contributed by atoms with van der Waals surface area (Å²) in [6.45, 7) is 11.2. The summed E-state index contributed by atoms with van der Waals surface area (Å²) in [5.41, 5.74) is 1.86. The summed E-state index contributed by atoms with van der Waals surface area (Å²) in [5.74, 6) is -0.276. The third kappa shape index (κ3) is 4.08. The molecule has 0 aliphatic carbocycles. The Morgan fingerprint density at radius 2 is 1.77 bits per heavy atom. The first-order chi connectivity index (χ1) is 10.5. The van der Waals surface area contributed by atoms with Gasteiger partial charge in [0.15, 0.2) is 0 Å². The maximum Gasteiger partial charge on any atom is 0.337 e. The highest BCUT2D eigenvalue weighted by molar-refractivity contribution is 5.89. The van der Waals surface area contributed by atoms with Crippen LogP contribution < -0.4 is 0 Å². The van der Waals surface area contributed by atoms with Crippen molar-refractivity contribution in [1.29, 1.82) is 0 Å². The Bertz CT molecular complexity index is 474. The van der Waals surface area contributed by atoms with Gasteiger partial charge >= 0.3 is 5.97 Å². The lowest BCUT2D eigenvalue weighted by atomic mass is 10.1. The summed E-state index contributed by atoms with van der Waals surface area (Å²) in [4.78, 5) is 16.6. The molecule has 0 bridgehead atoms. The Kier molecular flexibility index (Phi) is 5.98. The van der Waals surface area contributed by atoms with E-state index in [0.717, 1.165) is 19.6 Å². The molecule has 4 heteroatoms. The quantitative estimate of drug-likeness (QED) is 0.783. The number of methoxy groups -OCH3 is 1. The van der Waals surface area contributed by atoms with Gasteiger partial charge in [0, 0.05) is 31.7 Å². The number of benzene rings is 1. The van der Waals surface area contributed by atoms with E-state index in [1.807, 2.05) is 24.3 Å². The third-order valence-electron chi connectivity index (χ3n) is 4.44. The Morgan fingerprint density at radius 1 is 1.18 bits per heavy atom. The Morgan fingerprint density at radius 3 is 2.27 bits per heavy atom. The average Bonchev–Trinajstić information content (AvgIpc) is 2.51. The van der Waals surface area contributed by atoms with Crippen LogP contribution in [-0.2, 0) is 11.3 Å². The minimum absolute atomic E-state index is 0.276. The van der Waals surface area contributed by atoms with Gasteiger partial charge < -0.3 is 4.74 Å². The molecule has 1 aromatic rings. The highest BCUT2D eigenvalue weighted by atomic mass is 16.5. The van der Waals surface area contributed by atoms with Crippen molar-refractivity contribution in [2.45, 2.75) is 45.8 Å². The molecule has 0 spiro atoms. The van der Waals surface area contributed by atoms with E-state index in [9.17, 15) is 4.79 Å². The highest BCUT2D eigenvalue weighted by Crippen LogP contribution is 2.18. The summed E-state index contributed by atoms with van der Waals surface area (Å²) in [6.07, 6.45) is 1.21. The number of piperazine rings is 1.